The molecular weight excluding hydrogens is 252 g/mol. The van der Waals surface area contributed by atoms with Crippen molar-refractivity contribution in [3.8, 4) is 0 Å². The van der Waals surface area contributed by atoms with Crippen molar-refractivity contribution in [2.45, 2.75) is 32.4 Å². The molecule has 1 saturated heterocycles. The number of aromatic nitrogens is 1. The van der Waals surface area contributed by atoms with Crippen LogP contribution in [0, 0.1) is 0 Å². The summed E-state index contributed by atoms with van der Waals surface area (Å²) in [4.78, 5) is 18.2. The Morgan fingerprint density at radius 3 is 3.17 bits per heavy atom. The number of hydrogen-bond acceptors (Lipinski definition) is 4. The summed E-state index contributed by atoms with van der Waals surface area (Å²) in [5.74, 6) is -0.128. The van der Waals surface area contributed by atoms with Gasteiger partial charge in [-0.25, -0.2) is 4.98 Å². The maximum atomic E-state index is 11.8. The number of ether oxygens (including phenoxy) is 1. The van der Waals surface area contributed by atoms with Crippen LogP contribution in [0.1, 0.15) is 25.5 Å². The van der Waals surface area contributed by atoms with Gasteiger partial charge in [0, 0.05) is 6.54 Å². The molecule has 1 fully saturated rings. The van der Waals surface area contributed by atoms with E-state index in [1.807, 2.05) is 19.1 Å². The maximum Gasteiger partial charge on any atom is 0.323 e. The van der Waals surface area contributed by atoms with Gasteiger partial charge < -0.3 is 4.74 Å². The zero-order valence-electron chi connectivity index (χ0n) is 10.4. The highest BCUT2D eigenvalue weighted by atomic mass is 35.5. The van der Waals surface area contributed by atoms with Crippen molar-refractivity contribution < 1.29 is 9.53 Å². The van der Waals surface area contributed by atoms with Crippen molar-refractivity contribution >= 4 is 17.6 Å². The van der Waals surface area contributed by atoms with Crippen LogP contribution >= 0.6 is 11.6 Å². The Balaban J connectivity index is 2.01. The SMILES string of the molecule is CCOC(=O)C1CCCN1Cc1cccc(Cl)n1. The van der Waals surface area contributed by atoms with Crippen molar-refractivity contribution in [1.29, 1.82) is 0 Å². The van der Waals surface area contributed by atoms with Gasteiger partial charge in [0.2, 0.25) is 0 Å². The molecule has 1 aliphatic rings. The summed E-state index contributed by atoms with van der Waals surface area (Å²) < 4.78 is 5.09. The summed E-state index contributed by atoms with van der Waals surface area (Å²) in [5.41, 5.74) is 0.888. The van der Waals surface area contributed by atoms with Gasteiger partial charge in [-0.05, 0) is 38.4 Å². The Morgan fingerprint density at radius 1 is 1.61 bits per heavy atom. The fourth-order valence-electron chi connectivity index (χ4n) is 2.27. The lowest BCUT2D eigenvalue weighted by Gasteiger charge is -2.22. The number of pyridine rings is 1. The van der Waals surface area contributed by atoms with Gasteiger partial charge >= 0.3 is 5.97 Å². The molecule has 1 aromatic rings. The lowest BCUT2D eigenvalue weighted by atomic mass is 10.2. The van der Waals surface area contributed by atoms with E-state index in [0.29, 0.717) is 18.3 Å². The van der Waals surface area contributed by atoms with Crippen molar-refractivity contribution in [1.82, 2.24) is 9.88 Å². The molecule has 2 heterocycles. The zero-order valence-corrected chi connectivity index (χ0v) is 11.2. The van der Waals surface area contributed by atoms with E-state index in [2.05, 4.69) is 9.88 Å². The smallest absolute Gasteiger partial charge is 0.323 e. The molecule has 0 spiro atoms. The molecular formula is C13H17ClN2O2. The van der Waals surface area contributed by atoms with Crippen molar-refractivity contribution in [2.24, 2.45) is 0 Å². The standard InChI is InChI=1S/C13H17ClN2O2/c1-2-18-13(17)11-6-4-8-16(11)9-10-5-3-7-12(14)15-10/h3,5,7,11H,2,4,6,8-9H2,1H3. The highest BCUT2D eigenvalue weighted by Gasteiger charge is 2.31. The monoisotopic (exact) mass is 268 g/mol. The Labute approximate surface area is 112 Å². The third kappa shape index (κ3) is 3.21. The van der Waals surface area contributed by atoms with Gasteiger partial charge in [-0.1, -0.05) is 17.7 Å². The summed E-state index contributed by atoms with van der Waals surface area (Å²) in [6.07, 6.45) is 1.88. The van der Waals surface area contributed by atoms with E-state index in [0.717, 1.165) is 25.1 Å². The maximum absolute atomic E-state index is 11.8. The first-order valence-electron chi connectivity index (χ1n) is 6.23. The zero-order chi connectivity index (χ0) is 13.0. The minimum atomic E-state index is -0.134. The third-order valence-corrected chi connectivity index (χ3v) is 3.27. The molecule has 1 aromatic heterocycles. The molecule has 0 amide bonds. The van der Waals surface area contributed by atoms with Crippen LogP contribution in [0.3, 0.4) is 0 Å². The fourth-order valence-corrected chi connectivity index (χ4v) is 2.45. The molecule has 0 aromatic carbocycles. The Morgan fingerprint density at radius 2 is 2.44 bits per heavy atom. The van der Waals surface area contributed by atoms with Crippen LogP contribution in [0.15, 0.2) is 18.2 Å². The number of hydrogen-bond donors (Lipinski definition) is 0. The van der Waals surface area contributed by atoms with E-state index in [4.69, 9.17) is 16.3 Å². The highest BCUT2D eigenvalue weighted by Crippen LogP contribution is 2.21. The molecule has 4 nitrogen and oxygen atoms in total. The number of esters is 1. The minimum absolute atomic E-state index is 0.128. The first-order chi connectivity index (χ1) is 8.70. The molecule has 1 atom stereocenters. The second-order valence-corrected chi connectivity index (χ2v) is 4.72. The summed E-state index contributed by atoms with van der Waals surface area (Å²) in [6.45, 7) is 3.80. The molecule has 18 heavy (non-hydrogen) atoms. The van der Waals surface area contributed by atoms with Gasteiger partial charge in [0.05, 0.1) is 12.3 Å². The van der Waals surface area contributed by atoms with Gasteiger partial charge in [0.15, 0.2) is 0 Å². The summed E-state index contributed by atoms with van der Waals surface area (Å²) in [6, 6.07) is 5.41. The van der Waals surface area contributed by atoms with Crippen molar-refractivity contribution in [2.75, 3.05) is 13.2 Å². The summed E-state index contributed by atoms with van der Waals surface area (Å²) in [5, 5.41) is 0.486. The van der Waals surface area contributed by atoms with Crippen LogP contribution in [-0.4, -0.2) is 35.0 Å². The quantitative estimate of drug-likeness (QED) is 0.621. The molecule has 0 N–H and O–H groups in total. The predicted octanol–water partition coefficient (Wildman–Crippen LogP) is 2.26. The van der Waals surface area contributed by atoms with Gasteiger partial charge in [-0.2, -0.15) is 0 Å². The Kier molecular flexibility index (Phi) is 4.55. The number of nitrogens with zero attached hydrogens (tertiary/aromatic N) is 2. The van der Waals surface area contributed by atoms with Crippen molar-refractivity contribution in [3.05, 3.63) is 29.0 Å². The van der Waals surface area contributed by atoms with Crippen LogP contribution in [0.2, 0.25) is 5.15 Å². The fraction of sp³-hybridized carbons (Fsp3) is 0.538. The topological polar surface area (TPSA) is 42.4 Å². The number of carbonyl (C=O) groups is 1. The molecule has 1 aliphatic heterocycles. The van der Waals surface area contributed by atoms with E-state index in [9.17, 15) is 4.79 Å². The van der Waals surface area contributed by atoms with E-state index in [1.165, 1.54) is 0 Å². The second-order valence-electron chi connectivity index (χ2n) is 4.33. The van der Waals surface area contributed by atoms with Crippen LogP contribution in [0.4, 0.5) is 0 Å². The lowest BCUT2D eigenvalue weighted by Crippen LogP contribution is -2.37. The molecule has 1 unspecified atom stereocenters. The molecule has 0 saturated carbocycles. The molecule has 0 bridgehead atoms. The Hall–Kier alpha value is -1.13. The van der Waals surface area contributed by atoms with Crippen LogP contribution in [0.5, 0.6) is 0 Å². The van der Waals surface area contributed by atoms with Crippen LogP contribution < -0.4 is 0 Å². The average Bonchev–Trinajstić information content (AvgIpc) is 2.77. The highest BCUT2D eigenvalue weighted by molar-refractivity contribution is 6.29. The molecule has 5 heteroatoms. The average molecular weight is 269 g/mol. The van der Waals surface area contributed by atoms with Gasteiger partial charge in [0.25, 0.3) is 0 Å². The summed E-state index contributed by atoms with van der Waals surface area (Å²) in [7, 11) is 0. The lowest BCUT2D eigenvalue weighted by molar-refractivity contribution is -0.148. The number of carbonyl (C=O) groups excluding carboxylic acids is 1. The molecule has 98 valence electrons. The van der Waals surface area contributed by atoms with Crippen LogP contribution in [-0.2, 0) is 16.1 Å². The third-order valence-electron chi connectivity index (χ3n) is 3.06. The summed E-state index contributed by atoms with van der Waals surface area (Å²) >= 11 is 5.86. The van der Waals surface area contributed by atoms with Gasteiger partial charge in [-0.15, -0.1) is 0 Å². The molecule has 0 radical (unpaired) electrons. The number of likely N-dealkylation sites (tertiary alicyclic amines) is 1. The largest absolute Gasteiger partial charge is 0.465 e. The normalized spacial score (nSPS) is 20.0. The van der Waals surface area contributed by atoms with Crippen molar-refractivity contribution in [3.63, 3.8) is 0 Å². The van der Waals surface area contributed by atoms with E-state index < -0.39 is 0 Å². The number of rotatable bonds is 4. The second kappa shape index (κ2) is 6.16. The predicted molar refractivity (Wildman–Crippen MR) is 69.3 cm³/mol. The first kappa shape index (κ1) is 13.3. The van der Waals surface area contributed by atoms with Gasteiger partial charge in [0.1, 0.15) is 11.2 Å². The van der Waals surface area contributed by atoms with E-state index >= 15 is 0 Å². The van der Waals surface area contributed by atoms with Gasteiger partial charge in [-0.3, -0.25) is 9.69 Å². The van der Waals surface area contributed by atoms with E-state index in [-0.39, 0.29) is 12.0 Å². The Bertz CT molecular complexity index is 425. The number of halogens is 1. The van der Waals surface area contributed by atoms with E-state index in [1.54, 1.807) is 6.07 Å². The minimum Gasteiger partial charge on any atom is -0.465 e. The van der Waals surface area contributed by atoms with Crippen LogP contribution in [0.25, 0.3) is 0 Å². The molecule has 0 aliphatic carbocycles. The first-order valence-corrected chi connectivity index (χ1v) is 6.60. The molecule has 2 rings (SSSR count).